The quantitative estimate of drug-likeness (QED) is 0.901. The van der Waals surface area contributed by atoms with Crippen LogP contribution in [0.2, 0.25) is 0 Å². The Bertz CT molecular complexity index is 491. The lowest BCUT2D eigenvalue weighted by atomic mass is 9.86. The Balaban J connectivity index is 1.80. The van der Waals surface area contributed by atoms with Gasteiger partial charge in [0.25, 0.3) is 0 Å². The van der Waals surface area contributed by atoms with E-state index in [2.05, 4.69) is 59.7 Å². The SMILES string of the molecule is CC1CCC(NC(c2ccccc2)c2ccccn2)CC1. The molecule has 110 valence electrons. The molecule has 1 heterocycles. The van der Waals surface area contributed by atoms with Gasteiger partial charge in [-0.15, -0.1) is 0 Å². The third-order valence-electron chi connectivity index (χ3n) is 4.53. The van der Waals surface area contributed by atoms with E-state index in [-0.39, 0.29) is 6.04 Å². The van der Waals surface area contributed by atoms with Crippen LogP contribution in [0, 0.1) is 5.92 Å². The van der Waals surface area contributed by atoms with E-state index in [0.29, 0.717) is 6.04 Å². The summed E-state index contributed by atoms with van der Waals surface area (Å²) in [6, 6.07) is 17.6. The summed E-state index contributed by atoms with van der Waals surface area (Å²) in [5.41, 5.74) is 2.41. The van der Waals surface area contributed by atoms with Crippen molar-refractivity contribution in [1.82, 2.24) is 10.3 Å². The van der Waals surface area contributed by atoms with Crippen LogP contribution in [-0.2, 0) is 0 Å². The highest BCUT2D eigenvalue weighted by atomic mass is 15.0. The van der Waals surface area contributed by atoms with Gasteiger partial charge in [-0.05, 0) is 49.3 Å². The largest absolute Gasteiger partial charge is 0.302 e. The minimum absolute atomic E-state index is 0.200. The molecule has 1 unspecified atom stereocenters. The smallest absolute Gasteiger partial charge is 0.0753 e. The molecule has 0 saturated heterocycles. The van der Waals surface area contributed by atoms with E-state index in [1.807, 2.05) is 12.3 Å². The first-order valence-corrected chi connectivity index (χ1v) is 8.05. The van der Waals surface area contributed by atoms with E-state index in [0.717, 1.165) is 11.6 Å². The molecule has 1 N–H and O–H groups in total. The lowest BCUT2D eigenvalue weighted by Gasteiger charge is -2.31. The van der Waals surface area contributed by atoms with Crippen LogP contribution in [0.4, 0.5) is 0 Å². The first-order chi connectivity index (χ1) is 10.3. The van der Waals surface area contributed by atoms with Crippen LogP contribution in [0.15, 0.2) is 54.7 Å². The zero-order valence-corrected chi connectivity index (χ0v) is 12.7. The number of nitrogens with zero attached hydrogens (tertiary/aromatic N) is 1. The summed E-state index contributed by atoms with van der Waals surface area (Å²) in [4.78, 5) is 4.57. The highest BCUT2D eigenvalue weighted by molar-refractivity contribution is 5.27. The van der Waals surface area contributed by atoms with Gasteiger partial charge >= 0.3 is 0 Å². The molecule has 2 heteroatoms. The standard InChI is InChI=1S/C19H24N2/c1-15-10-12-17(13-11-15)21-19(16-7-3-2-4-8-16)18-9-5-6-14-20-18/h2-9,14-15,17,19,21H,10-13H2,1H3. The second-order valence-electron chi connectivity index (χ2n) is 6.22. The predicted octanol–water partition coefficient (Wildman–Crippen LogP) is 4.34. The third kappa shape index (κ3) is 3.70. The lowest BCUT2D eigenvalue weighted by molar-refractivity contribution is 0.295. The zero-order valence-electron chi connectivity index (χ0n) is 12.7. The van der Waals surface area contributed by atoms with Crippen LogP contribution in [0.5, 0.6) is 0 Å². The molecule has 1 atom stereocenters. The van der Waals surface area contributed by atoms with E-state index in [1.54, 1.807) is 0 Å². The summed E-state index contributed by atoms with van der Waals surface area (Å²) in [5.74, 6) is 0.882. The van der Waals surface area contributed by atoms with E-state index in [9.17, 15) is 0 Å². The summed E-state index contributed by atoms with van der Waals surface area (Å²) in [6.07, 6.45) is 7.10. The molecule has 2 nitrogen and oxygen atoms in total. The van der Waals surface area contributed by atoms with Crippen molar-refractivity contribution < 1.29 is 0 Å². The van der Waals surface area contributed by atoms with Crippen molar-refractivity contribution >= 4 is 0 Å². The Labute approximate surface area is 127 Å². The summed E-state index contributed by atoms with van der Waals surface area (Å²) >= 11 is 0. The number of hydrogen-bond donors (Lipinski definition) is 1. The summed E-state index contributed by atoms with van der Waals surface area (Å²) in [6.45, 7) is 2.36. The monoisotopic (exact) mass is 280 g/mol. The van der Waals surface area contributed by atoms with Gasteiger partial charge < -0.3 is 5.32 Å². The maximum atomic E-state index is 4.57. The Kier molecular flexibility index (Phi) is 4.66. The highest BCUT2D eigenvalue weighted by Gasteiger charge is 2.23. The number of hydrogen-bond acceptors (Lipinski definition) is 2. The van der Waals surface area contributed by atoms with Gasteiger partial charge in [0.1, 0.15) is 0 Å². The fourth-order valence-corrected chi connectivity index (χ4v) is 3.21. The molecule has 2 aromatic rings. The minimum atomic E-state index is 0.200. The van der Waals surface area contributed by atoms with Crippen LogP contribution < -0.4 is 5.32 Å². The van der Waals surface area contributed by atoms with Gasteiger partial charge in [0.2, 0.25) is 0 Å². The molecule has 21 heavy (non-hydrogen) atoms. The van der Waals surface area contributed by atoms with Crippen LogP contribution >= 0.6 is 0 Å². The molecule has 0 radical (unpaired) electrons. The molecule has 0 aliphatic heterocycles. The second-order valence-corrected chi connectivity index (χ2v) is 6.22. The average Bonchev–Trinajstić information content (AvgIpc) is 2.56. The number of pyridine rings is 1. The maximum absolute atomic E-state index is 4.57. The van der Waals surface area contributed by atoms with Crippen molar-refractivity contribution in [2.24, 2.45) is 5.92 Å². The average molecular weight is 280 g/mol. The number of rotatable bonds is 4. The van der Waals surface area contributed by atoms with Crippen molar-refractivity contribution in [2.75, 3.05) is 0 Å². The molecule has 1 saturated carbocycles. The zero-order chi connectivity index (χ0) is 14.5. The normalized spacial score (nSPS) is 23.7. The lowest BCUT2D eigenvalue weighted by Crippen LogP contribution is -2.36. The molecule has 0 amide bonds. The van der Waals surface area contributed by atoms with Gasteiger partial charge in [-0.25, -0.2) is 0 Å². The van der Waals surface area contributed by atoms with Crippen molar-refractivity contribution in [1.29, 1.82) is 0 Å². The molecule has 1 aliphatic carbocycles. The highest BCUT2D eigenvalue weighted by Crippen LogP contribution is 2.27. The van der Waals surface area contributed by atoms with E-state index < -0.39 is 0 Å². The Morgan fingerprint density at radius 2 is 1.67 bits per heavy atom. The van der Waals surface area contributed by atoms with Gasteiger partial charge in [0.15, 0.2) is 0 Å². The molecular weight excluding hydrogens is 256 g/mol. The van der Waals surface area contributed by atoms with Crippen LogP contribution in [0.3, 0.4) is 0 Å². The van der Waals surface area contributed by atoms with Gasteiger partial charge in [-0.1, -0.05) is 43.3 Å². The minimum Gasteiger partial charge on any atom is -0.302 e. The molecule has 1 fully saturated rings. The van der Waals surface area contributed by atoms with Crippen molar-refractivity contribution in [3.05, 3.63) is 66.0 Å². The van der Waals surface area contributed by atoms with Gasteiger partial charge in [-0.3, -0.25) is 4.98 Å². The van der Waals surface area contributed by atoms with Crippen molar-refractivity contribution in [3.63, 3.8) is 0 Å². The number of aromatic nitrogens is 1. The fraction of sp³-hybridized carbons (Fsp3) is 0.421. The Hall–Kier alpha value is -1.67. The molecule has 1 aromatic heterocycles. The van der Waals surface area contributed by atoms with E-state index >= 15 is 0 Å². The van der Waals surface area contributed by atoms with Crippen molar-refractivity contribution in [3.8, 4) is 0 Å². The summed E-state index contributed by atoms with van der Waals surface area (Å²) in [7, 11) is 0. The fourth-order valence-electron chi connectivity index (χ4n) is 3.21. The maximum Gasteiger partial charge on any atom is 0.0753 e. The van der Waals surface area contributed by atoms with Gasteiger partial charge in [-0.2, -0.15) is 0 Å². The molecule has 3 rings (SSSR count). The van der Waals surface area contributed by atoms with Crippen LogP contribution in [0.1, 0.15) is 49.9 Å². The van der Waals surface area contributed by atoms with E-state index in [4.69, 9.17) is 0 Å². The molecule has 1 aliphatic rings. The molecule has 1 aromatic carbocycles. The van der Waals surface area contributed by atoms with Gasteiger partial charge in [0, 0.05) is 12.2 Å². The summed E-state index contributed by atoms with van der Waals surface area (Å²) in [5, 5.41) is 3.85. The first-order valence-electron chi connectivity index (χ1n) is 8.05. The summed E-state index contributed by atoms with van der Waals surface area (Å²) < 4.78 is 0. The second kappa shape index (κ2) is 6.86. The Morgan fingerprint density at radius 1 is 0.952 bits per heavy atom. The molecule has 0 bridgehead atoms. The van der Waals surface area contributed by atoms with E-state index in [1.165, 1.54) is 31.2 Å². The number of nitrogens with one attached hydrogen (secondary N) is 1. The third-order valence-corrected chi connectivity index (χ3v) is 4.53. The Morgan fingerprint density at radius 3 is 2.33 bits per heavy atom. The predicted molar refractivity (Wildman–Crippen MR) is 87.1 cm³/mol. The van der Waals surface area contributed by atoms with Crippen molar-refractivity contribution in [2.45, 2.75) is 44.7 Å². The van der Waals surface area contributed by atoms with Crippen LogP contribution in [0.25, 0.3) is 0 Å². The topological polar surface area (TPSA) is 24.9 Å². The molecular formula is C19H24N2. The molecule has 0 spiro atoms. The van der Waals surface area contributed by atoms with Crippen LogP contribution in [-0.4, -0.2) is 11.0 Å². The van der Waals surface area contributed by atoms with Gasteiger partial charge in [0.05, 0.1) is 11.7 Å². The first kappa shape index (κ1) is 14.3. The number of benzene rings is 1.